The maximum Gasteiger partial charge on any atom is 0.349 e. The van der Waals surface area contributed by atoms with Gasteiger partial charge in [0.05, 0.1) is 0 Å². The Morgan fingerprint density at radius 2 is 1.78 bits per heavy atom. The van der Waals surface area contributed by atoms with E-state index in [1.54, 1.807) is 18.2 Å². The van der Waals surface area contributed by atoms with E-state index in [1.165, 1.54) is 16.6 Å². The Morgan fingerprint density at radius 3 is 2.63 bits per heavy atom. The second-order valence-electron chi connectivity index (χ2n) is 6.59. The van der Waals surface area contributed by atoms with Crippen LogP contribution in [-0.4, -0.2) is 17.0 Å². The first-order valence-corrected chi connectivity index (χ1v) is 8.99. The Labute approximate surface area is 156 Å². The van der Waals surface area contributed by atoms with Crippen molar-refractivity contribution in [2.75, 3.05) is 6.54 Å². The third-order valence-corrected chi connectivity index (χ3v) is 4.75. The highest BCUT2D eigenvalue weighted by molar-refractivity contribution is 5.96. The van der Waals surface area contributed by atoms with Gasteiger partial charge in [-0.1, -0.05) is 36.4 Å². The average molecular weight is 360 g/mol. The van der Waals surface area contributed by atoms with Crippen molar-refractivity contribution >= 4 is 27.8 Å². The molecule has 4 aromatic rings. The van der Waals surface area contributed by atoms with E-state index in [4.69, 9.17) is 4.42 Å². The minimum atomic E-state index is -0.613. The standard InChI is InChI=1S/C22H20N2O3/c1-15-13-16-7-2-4-9-19(16)24(15)12-6-11-23-21(25)18-14-17-8-3-5-10-20(17)27-22(18)26/h2-5,7-10,13-14H,6,11-12H2,1H3,(H,23,25). The number of carbonyl (C=O) groups is 1. The highest BCUT2D eigenvalue weighted by Crippen LogP contribution is 2.19. The molecule has 0 spiro atoms. The SMILES string of the molecule is Cc1cc2ccccc2n1CCCNC(=O)c1cc2ccccc2oc1=O. The topological polar surface area (TPSA) is 64.2 Å². The zero-order valence-electron chi connectivity index (χ0n) is 15.1. The second kappa shape index (κ2) is 7.11. The van der Waals surface area contributed by atoms with Crippen molar-refractivity contribution in [2.45, 2.75) is 19.9 Å². The number of aryl methyl sites for hydroxylation is 2. The minimum absolute atomic E-state index is 0.0382. The lowest BCUT2D eigenvalue weighted by Crippen LogP contribution is -2.29. The molecule has 2 aromatic carbocycles. The third-order valence-electron chi connectivity index (χ3n) is 4.75. The van der Waals surface area contributed by atoms with Gasteiger partial charge in [-0.05, 0) is 43.0 Å². The van der Waals surface area contributed by atoms with Crippen LogP contribution in [0.3, 0.4) is 0 Å². The van der Waals surface area contributed by atoms with Gasteiger partial charge >= 0.3 is 5.63 Å². The monoisotopic (exact) mass is 360 g/mol. The van der Waals surface area contributed by atoms with Crippen LogP contribution in [0.25, 0.3) is 21.9 Å². The molecule has 2 aromatic heterocycles. The summed E-state index contributed by atoms with van der Waals surface area (Å²) < 4.78 is 7.46. The van der Waals surface area contributed by atoms with Gasteiger partial charge < -0.3 is 14.3 Å². The molecule has 0 atom stereocenters. The number of rotatable bonds is 5. The highest BCUT2D eigenvalue weighted by atomic mass is 16.4. The molecule has 1 amide bonds. The molecular formula is C22H20N2O3. The predicted molar refractivity (Wildman–Crippen MR) is 106 cm³/mol. The maximum atomic E-state index is 12.4. The van der Waals surface area contributed by atoms with Gasteiger partial charge in [0.15, 0.2) is 0 Å². The first kappa shape index (κ1) is 17.1. The average Bonchev–Trinajstić information content (AvgIpc) is 2.99. The molecule has 0 aliphatic carbocycles. The zero-order chi connectivity index (χ0) is 18.8. The molecule has 0 aliphatic rings. The van der Waals surface area contributed by atoms with Gasteiger partial charge in [-0.2, -0.15) is 0 Å². The molecule has 0 unspecified atom stereocenters. The smallest absolute Gasteiger partial charge is 0.349 e. The number of carbonyl (C=O) groups excluding carboxylic acids is 1. The van der Waals surface area contributed by atoms with Gasteiger partial charge in [0.2, 0.25) is 0 Å². The van der Waals surface area contributed by atoms with E-state index in [1.807, 2.05) is 24.3 Å². The quantitative estimate of drug-likeness (QED) is 0.434. The van der Waals surface area contributed by atoms with Crippen LogP contribution in [0.2, 0.25) is 0 Å². The van der Waals surface area contributed by atoms with Crippen molar-refractivity contribution in [3.05, 3.63) is 82.3 Å². The number of nitrogens with zero attached hydrogens (tertiary/aromatic N) is 1. The lowest BCUT2D eigenvalue weighted by molar-refractivity contribution is 0.0949. The molecule has 136 valence electrons. The lowest BCUT2D eigenvalue weighted by atomic mass is 10.2. The van der Waals surface area contributed by atoms with Gasteiger partial charge in [-0.25, -0.2) is 4.79 Å². The molecule has 0 fully saturated rings. The Morgan fingerprint density at radius 1 is 1.04 bits per heavy atom. The molecule has 0 aliphatic heterocycles. The Kier molecular flexibility index (Phi) is 4.50. The molecule has 0 bridgehead atoms. The van der Waals surface area contributed by atoms with E-state index in [-0.39, 0.29) is 5.56 Å². The summed E-state index contributed by atoms with van der Waals surface area (Å²) in [5, 5.41) is 4.77. The van der Waals surface area contributed by atoms with Gasteiger partial charge in [-0.3, -0.25) is 4.79 Å². The Bertz CT molecular complexity index is 1190. The molecule has 0 saturated carbocycles. The molecule has 0 saturated heterocycles. The number of benzene rings is 2. The van der Waals surface area contributed by atoms with Gasteiger partial charge in [-0.15, -0.1) is 0 Å². The van der Waals surface area contributed by atoms with Crippen LogP contribution < -0.4 is 10.9 Å². The van der Waals surface area contributed by atoms with Gasteiger partial charge in [0, 0.05) is 29.7 Å². The van der Waals surface area contributed by atoms with E-state index in [2.05, 4.69) is 35.0 Å². The number of para-hydroxylation sites is 2. The van der Waals surface area contributed by atoms with Crippen LogP contribution in [0.1, 0.15) is 22.5 Å². The summed E-state index contributed by atoms with van der Waals surface area (Å²) in [6.45, 7) is 3.36. The van der Waals surface area contributed by atoms with Crippen molar-refractivity contribution in [1.29, 1.82) is 0 Å². The number of hydrogen-bond acceptors (Lipinski definition) is 3. The summed E-state index contributed by atoms with van der Waals surface area (Å²) in [7, 11) is 0. The van der Waals surface area contributed by atoms with Crippen molar-refractivity contribution < 1.29 is 9.21 Å². The molecule has 5 nitrogen and oxygen atoms in total. The summed E-state index contributed by atoms with van der Waals surface area (Å²) in [6.07, 6.45) is 0.768. The van der Waals surface area contributed by atoms with Crippen molar-refractivity contribution in [3.63, 3.8) is 0 Å². The van der Waals surface area contributed by atoms with Crippen molar-refractivity contribution in [2.24, 2.45) is 0 Å². The van der Waals surface area contributed by atoms with Crippen LogP contribution in [0.5, 0.6) is 0 Å². The van der Waals surface area contributed by atoms with Crippen LogP contribution in [-0.2, 0) is 6.54 Å². The number of aromatic nitrogens is 1. The minimum Gasteiger partial charge on any atom is -0.422 e. The molecule has 5 heteroatoms. The molecule has 4 rings (SSSR count). The summed E-state index contributed by atoms with van der Waals surface area (Å²) in [5.41, 5.74) is 2.29. The van der Waals surface area contributed by atoms with Crippen molar-refractivity contribution in [3.8, 4) is 0 Å². The van der Waals surface area contributed by atoms with Crippen LogP contribution in [0, 0.1) is 6.92 Å². The number of fused-ring (bicyclic) bond motifs is 2. The third kappa shape index (κ3) is 3.36. The largest absolute Gasteiger partial charge is 0.422 e. The number of nitrogens with one attached hydrogen (secondary N) is 1. The molecule has 27 heavy (non-hydrogen) atoms. The molecule has 1 N–H and O–H groups in total. The highest BCUT2D eigenvalue weighted by Gasteiger charge is 2.13. The normalized spacial score (nSPS) is 11.1. The fraction of sp³-hybridized carbons (Fsp3) is 0.182. The molecular weight excluding hydrogens is 340 g/mol. The van der Waals surface area contributed by atoms with Crippen LogP contribution >= 0.6 is 0 Å². The number of hydrogen-bond donors (Lipinski definition) is 1. The molecule has 2 heterocycles. The fourth-order valence-electron chi connectivity index (χ4n) is 3.40. The summed E-state index contributed by atoms with van der Waals surface area (Å²) >= 11 is 0. The predicted octanol–water partition coefficient (Wildman–Crippen LogP) is 3.88. The zero-order valence-corrected chi connectivity index (χ0v) is 15.1. The maximum absolute atomic E-state index is 12.4. The number of amides is 1. The Hall–Kier alpha value is -3.34. The van der Waals surface area contributed by atoms with Gasteiger partial charge in [0.25, 0.3) is 5.91 Å². The summed E-state index contributed by atoms with van der Waals surface area (Å²) in [5.74, 6) is -0.399. The summed E-state index contributed by atoms with van der Waals surface area (Å²) in [4.78, 5) is 24.4. The molecule has 0 radical (unpaired) electrons. The van der Waals surface area contributed by atoms with E-state index in [9.17, 15) is 9.59 Å². The van der Waals surface area contributed by atoms with Gasteiger partial charge in [0.1, 0.15) is 11.1 Å². The fourth-order valence-corrected chi connectivity index (χ4v) is 3.40. The van der Waals surface area contributed by atoms with E-state index in [0.29, 0.717) is 12.1 Å². The lowest BCUT2D eigenvalue weighted by Gasteiger charge is -2.09. The van der Waals surface area contributed by atoms with Crippen LogP contribution in [0.4, 0.5) is 0 Å². The van der Waals surface area contributed by atoms with Crippen LogP contribution in [0.15, 0.2) is 69.9 Å². The van der Waals surface area contributed by atoms with Crippen molar-refractivity contribution in [1.82, 2.24) is 9.88 Å². The van der Waals surface area contributed by atoms with E-state index >= 15 is 0 Å². The first-order valence-electron chi connectivity index (χ1n) is 8.99. The van der Waals surface area contributed by atoms with E-state index < -0.39 is 11.5 Å². The Balaban J connectivity index is 1.42. The second-order valence-corrected chi connectivity index (χ2v) is 6.59. The summed E-state index contributed by atoms with van der Waals surface area (Å²) in [6, 6.07) is 19.2. The van der Waals surface area contributed by atoms with E-state index in [0.717, 1.165) is 18.4 Å². The first-order chi connectivity index (χ1) is 13.1.